The molecule has 0 radical (unpaired) electrons. The summed E-state index contributed by atoms with van der Waals surface area (Å²) in [4.78, 5) is 28.8. The Bertz CT molecular complexity index is 346. The van der Waals surface area contributed by atoms with Gasteiger partial charge in [-0.2, -0.15) is 0 Å². The number of aliphatic hydroxyl groups is 1. The van der Waals surface area contributed by atoms with Crippen molar-refractivity contribution in [1.82, 2.24) is 0 Å². The molecule has 0 spiro atoms. The Balaban J connectivity index is 4.01. The fourth-order valence-corrected chi connectivity index (χ4v) is 1.69. The van der Waals surface area contributed by atoms with Gasteiger partial charge >= 0.3 is 13.6 Å². The van der Waals surface area contributed by atoms with Crippen LogP contribution < -0.4 is 0 Å². The zero-order chi connectivity index (χ0) is 14.9. The molecule has 0 heterocycles. The molecule has 0 rings (SSSR count). The zero-order valence-electron chi connectivity index (χ0n) is 11.4. The number of carbonyl (C=O) groups excluding carboxylic acids is 1. The van der Waals surface area contributed by atoms with Gasteiger partial charge < -0.3 is 19.6 Å². The molecule has 7 heteroatoms. The molecule has 0 aromatic carbocycles. The molecule has 0 aliphatic carbocycles. The lowest BCUT2D eigenvalue weighted by Crippen LogP contribution is -2.09. The van der Waals surface area contributed by atoms with Crippen molar-refractivity contribution in [2.75, 3.05) is 6.61 Å². The fourth-order valence-electron chi connectivity index (χ4n) is 1.31. The van der Waals surface area contributed by atoms with E-state index in [0.717, 1.165) is 25.7 Å². The third kappa shape index (κ3) is 8.94. The van der Waals surface area contributed by atoms with E-state index >= 15 is 0 Å². The van der Waals surface area contributed by atoms with Crippen molar-refractivity contribution in [2.45, 2.75) is 51.8 Å². The molecule has 0 aromatic rings. The Morgan fingerprint density at radius 3 is 2.47 bits per heavy atom. The summed E-state index contributed by atoms with van der Waals surface area (Å²) in [6.45, 7) is 3.91. The molecule has 19 heavy (non-hydrogen) atoms. The minimum absolute atomic E-state index is 0.239. The molecule has 0 aliphatic heterocycles. The number of unbranched alkanes of at least 4 members (excludes halogenated alkanes) is 3. The van der Waals surface area contributed by atoms with Gasteiger partial charge in [-0.1, -0.05) is 32.3 Å². The molecule has 0 saturated carbocycles. The molecule has 112 valence electrons. The average molecular weight is 294 g/mol. The van der Waals surface area contributed by atoms with Crippen molar-refractivity contribution < 1.29 is 29.0 Å². The summed E-state index contributed by atoms with van der Waals surface area (Å²) in [5.74, 6) is -2.30. The molecule has 0 aliphatic rings. The second-order valence-corrected chi connectivity index (χ2v) is 6.16. The van der Waals surface area contributed by atoms with Crippen LogP contribution in [0.2, 0.25) is 0 Å². The summed E-state index contributed by atoms with van der Waals surface area (Å²) in [6, 6.07) is 0. The Kier molecular flexibility index (Phi) is 8.93. The maximum Gasteiger partial charge on any atom is 0.354 e. The normalized spacial score (nSPS) is 14.3. The molecule has 1 unspecified atom stereocenters. The van der Waals surface area contributed by atoms with Gasteiger partial charge in [0, 0.05) is 12.0 Å². The quantitative estimate of drug-likeness (QED) is 0.260. The van der Waals surface area contributed by atoms with Gasteiger partial charge in [0.05, 0.1) is 6.61 Å². The first-order chi connectivity index (χ1) is 8.79. The lowest BCUT2D eigenvalue weighted by molar-refractivity contribution is -0.139. The third-order valence-corrected chi connectivity index (χ3v) is 3.56. The van der Waals surface area contributed by atoms with Crippen molar-refractivity contribution in [3.63, 3.8) is 0 Å². The summed E-state index contributed by atoms with van der Waals surface area (Å²) in [5, 5.41) is 9.13. The largest absolute Gasteiger partial charge is 0.462 e. The van der Waals surface area contributed by atoms with Crippen LogP contribution in [0.1, 0.15) is 46.0 Å². The minimum atomic E-state index is -4.52. The number of ether oxygens (including phenoxy) is 1. The Morgan fingerprint density at radius 1 is 1.32 bits per heavy atom. The van der Waals surface area contributed by atoms with Gasteiger partial charge in [0.25, 0.3) is 0 Å². The number of carbonyl (C=O) groups is 1. The zero-order valence-corrected chi connectivity index (χ0v) is 12.3. The Labute approximate surface area is 113 Å². The van der Waals surface area contributed by atoms with Gasteiger partial charge in [0.15, 0.2) is 5.85 Å². The summed E-state index contributed by atoms with van der Waals surface area (Å²) < 4.78 is 15.7. The molecule has 0 saturated heterocycles. The maximum atomic E-state index is 11.5. The molecule has 3 N–H and O–H groups in total. The van der Waals surface area contributed by atoms with Gasteiger partial charge in [-0.15, -0.1) is 0 Å². The Hall–Kier alpha value is -0.680. The number of aliphatic hydroxyl groups excluding tert-OH is 1. The van der Waals surface area contributed by atoms with E-state index in [9.17, 15) is 9.36 Å². The topological polar surface area (TPSA) is 104 Å². The van der Waals surface area contributed by atoms with E-state index < -0.39 is 19.4 Å². The van der Waals surface area contributed by atoms with Gasteiger partial charge in [-0.25, -0.2) is 4.79 Å². The second-order valence-electron chi connectivity index (χ2n) is 4.39. The summed E-state index contributed by atoms with van der Waals surface area (Å²) in [5.41, 5.74) is 0.239. The van der Waals surface area contributed by atoms with Crippen molar-refractivity contribution in [3.8, 4) is 0 Å². The Morgan fingerprint density at radius 2 is 1.95 bits per heavy atom. The van der Waals surface area contributed by atoms with Crippen LogP contribution in [0, 0.1) is 0 Å². The molecule has 0 fully saturated rings. The van der Waals surface area contributed by atoms with E-state index in [1.165, 1.54) is 13.0 Å². The summed E-state index contributed by atoms with van der Waals surface area (Å²) >= 11 is 0. The average Bonchev–Trinajstić information content (AvgIpc) is 2.33. The smallest absolute Gasteiger partial charge is 0.354 e. The molecular formula is C12H23O6P. The predicted molar refractivity (Wildman–Crippen MR) is 71.5 cm³/mol. The van der Waals surface area contributed by atoms with E-state index in [1.54, 1.807) is 0 Å². The van der Waals surface area contributed by atoms with Crippen LogP contribution >= 0.6 is 7.60 Å². The van der Waals surface area contributed by atoms with E-state index in [4.69, 9.17) is 19.6 Å². The van der Waals surface area contributed by atoms with Gasteiger partial charge in [0.1, 0.15) is 0 Å². The van der Waals surface area contributed by atoms with E-state index in [-0.39, 0.29) is 12.0 Å². The minimum Gasteiger partial charge on any atom is -0.462 e. The fraction of sp³-hybridized carbons (Fsp3) is 0.750. The van der Waals surface area contributed by atoms with Crippen LogP contribution in [-0.4, -0.2) is 33.3 Å². The summed E-state index contributed by atoms with van der Waals surface area (Å²) in [7, 11) is -4.52. The van der Waals surface area contributed by atoms with Crippen LogP contribution in [0.5, 0.6) is 0 Å². The highest BCUT2D eigenvalue weighted by atomic mass is 31.2. The number of hydrogen-bond donors (Lipinski definition) is 3. The second kappa shape index (κ2) is 9.26. The SMILES string of the molecule is CCCCCCOC(=O)C(C)=CCC(O)P(=O)(O)O. The highest BCUT2D eigenvalue weighted by molar-refractivity contribution is 7.52. The molecular weight excluding hydrogens is 271 g/mol. The van der Waals surface area contributed by atoms with Crippen LogP contribution in [0.15, 0.2) is 11.6 Å². The monoisotopic (exact) mass is 294 g/mol. The van der Waals surface area contributed by atoms with Crippen LogP contribution in [0.25, 0.3) is 0 Å². The molecule has 0 amide bonds. The van der Waals surface area contributed by atoms with Crippen molar-refractivity contribution >= 4 is 13.6 Å². The highest BCUT2D eigenvalue weighted by Gasteiger charge is 2.25. The van der Waals surface area contributed by atoms with Gasteiger partial charge in [-0.05, 0) is 13.3 Å². The van der Waals surface area contributed by atoms with Crippen LogP contribution in [-0.2, 0) is 14.1 Å². The molecule has 6 nitrogen and oxygen atoms in total. The first-order valence-electron chi connectivity index (χ1n) is 6.36. The van der Waals surface area contributed by atoms with Crippen LogP contribution in [0.4, 0.5) is 0 Å². The van der Waals surface area contributed by atoms with E-state index in [2.05, 4.69) is 6.92 Å². The lowest BCUT2D eigenvalue weighted by Gasteiger charge is -2.10. The number of hydrogen-bond acceptors (Lipinski definition) is 4. The van der Waals surface area contributed by atoms with Crippen molar-refractivity contribution in [3.05, 3.63) is 11.6 Å². The van der Waals surface area contributed by atoms with E-state index in [1.807, 2.05) is 0 Å². The van der Waals surface area contributed by atoms with Crippen LogP contribution in [0.3, 0.4) is 0 Å². The van der Waals surface area contributed by atoms with E-state index in [0.29, 0.717) is 6.61 Å². The van der Waals surface area contributed by atoms with Gasteiger partial charge in [-0.3, -0.25) is 4.57 Å². The molecule has 1 atom stereocenters. The lowest BCUT2D eigenvalue weighted by atomic mass is 10.2. The standard InChI is InChI=1S/C12H23O6P/c1-3-4-5-6-9-18-12(14)10(2)7-8-11(13)19(15,16)17/h7,11,13H,3-6,8-9H2,1-2H3,(H2,15,16,17). The summed E-state index contributed by atoms with van der Waals surface area (Å²) in [6.07, 6.45) is 5.01. The number of rotatable bonds is 9. The maximum absolute atomic E-state index is 11.5. The third-order valence-electron chi connectivity index (χ3n) is 2.58. The highest BCUT2D eigenvalue weighted by Crippen LogP contribution is 2.41. The molecule has 0 bridgehead atoms. The van der Waals surface area contributed by atoms with Crippen molar-refractivity contribution in [2.24, 2.45) is 0 Å². The molecule has 0 aromatic heterocycles. The predicted octanol–water partition coefficient (Wildman–Crippen LogP) is 1.94. The number of esters is 1. The van der Waals surface area contributed by atoms with Crippen molar-refractivity contribution in [1.29, 1.82) is 0 Å². The first kappa shape index (κ1) is 18.3. The first-order valence-corrected chi connectivity index (χ1v) is 8.04. The van der Waals surface area contributed by atoms with Gasteiger partial charge in [0.2, 0.25) is 0 Å².